The van der Waals surface area contributed by atoms with Gasteiger partial charge in [0.25, 0.3) is 5.91 Å². The van der Waals surface area contributed by atoms with E-state index in [1.54, 1.807) is 6.20 Å². The quantitative estimate of drug-likeness (QED) is 0.234. The number of hydrogen-bond acceptors (Lipinski definition) is 8. The van der Waals surface area contributed by atoms with Crippen LogP contribution in [0.4, 0.5) is 10.2 Å². The molecule has 0 unspecified atom stereocenters. The molecular formula is C34H33ClFN7O2. The van der Waals surface area contributed by atoms with E-state index in [9.17, 15) is 14.4 Å². The van der Waals surface area contributed by atoms with E-state index in [-0.39, 0.29) is 24.5 Å². The van der Waals surface area contributed by atoms with Crippen molar-refractivity contribution in [2.75, 3.05) is 44.2 Å². The Hall–Kier alpha value is -4.33. The fourth-order valence-corrected chi connectivity index (χ4v) is 7.67. The molecule has 2 aromatic carbocycles. The highest BCUT2D eigenvalue weighted by atomic mass is 35.5. The van der Waals surface area contributed by atoms with Gasteiger partial charge in [-0.3, -0.25) is 14.7 Å². The van der Waals surface area contributed by atoms with Crippen molar-refractivity contribution in [2.45, 2.75) is 43.7 Å². The summed E-state index contributed by atoms with van der Waals surface area (Å²) in [5.41, 5.74) is 2.50. The Morgan fingerprint density at radius 3 is 2.73 bits per heavy atom. The first-order valence-corrected chi connectivity index (χ1v) is 15.7. The van der Waals surface area contributed by atoms with Gasteiger partial charge in [-0.15, -0.1) is 0 Å². The van der Waals surface area contributed by atoms with Gasteiger partial charge in [0.1, 0.15) is 12.4 Å². The van der Waals surface area contributed by atoms with Crippen LogP contribution < -0.4 is 9.64 Å². The van der Waals surface area contributed by atoms with E-state index in [2.05, 4.69) is 22.5 Å². The topological polar surface area (TPSA) is 98.5 Å². The zero-order valence-electron chi connectivity index (χ0n) is 24.9. The molecule has 45 heavy (non-hydrogen) atoms. The number of rotatable bonds is 7. The standard InChI is InChI=1S/C34H33ClFN7O2/c1-22(36)32(44)43-16-15-41(20-25(43)9-12-37)31-26-8-7-23(27-19-38-18-24-5-2-6-28(35)30(24)27)17-29(26)39-33(40-31)45-21-34-10-3-13-42(34)14-4-11-34/h2,5-8,17-19,25H,1,3-4,9-11,13-16,20-21H2/t25-/m0/s1. The van der Waals surface area contributed by atoms with Crippen LogP contribution in [0.1, 0.15) is 32.1 Å². The van der Waals surface area contributed by atoms with Crippen molar-refractivity contribution in [3.8, 4) is 23.2 Å². The molecule has 0 spiro atoms. The second-order valence-electron chi connectivity index (χ2n) is 12.2. The number of ether oxygens (including phenoxy) is 1. The number of nitrogens with zero attached hydrogens (tertiary/aromatic N) is 7. The SMILES string of the molecule is C=C(F)C(=O)N1CCN(c2nc(OCC34CCCN3CCC4)nc3cc(-c4cncc5cccc(Cl)c45)ccc23)C[C@@H]1CC#N. The fourth-order valence-electron chi connectivity index (χ4n) is 7.38. The van der Waals surface area contributed by atoms with Crippen LogP contribution in [-0.4, -0.2) is 81.6 Å². The van der Waals surface area contributed by atoms with Crippen molar-refractivity contribution in [2.24, 2.45) is 0 Å². The van der Waals surface area contributed by atoms with Gasteiger partial charge in [-0.1, -0.05) is 36.4 Å². The number of benzene rings is 2. The first-order valence-electron chi connectivity index (χ1n) is 15.4. The zero-order chi connectivity index (χ0) is 31.1. The minimum Gasteiger partial charge on any atom is -0.461 e. The third-order valence-electron chi connectivity index (χ3n) is 9.58. The summed E-state index contributed by atoms with van der Waals surface area (Å²) in [4.78, 5) is 32.8. The van der Waals surface area contributed by atoms with E-state index in [0.717, 1.165) is 66.1 Å². The summed E-state index contributed by atoms with van der Waals surface area (Å²) in [6.07, 6.45) is 8.17. The summed E-state index contributed by atoms with van der Waals surface area (Å²) < 4.78 is 20.3. The smallest absolute Gasteiger partial charge is 0.319 e. The summed E-state index contributed by atoms with van der Waals surface area (Å²) in [6.45, 7) is 6.80. The van der Waals surface area contributed by atoms with E-state index in [4.69, 9.17) is 26.3 Å². The molecule has 0 N–H and O–H groups in total. The lowest BCUT2D eigenvalue weighted by Gasteiger charge is -2.41. The van der Waals surface area contributed by atoms with Gasteiger partial charge in [0.05, 0.1) is 29.6 Å². The molecule has 5 heterocycles. The maximum Gasteiger partial charge on any atom is 0.319 e. The number of halogens is 2. The minimum atomic E-state index is -1.03. The van der Waals surface area contributed by atoms with Crippen molar-refractivity contribution >= 4 is 45.0 Å². The van der Waals surface area contributed by atoms with Gasteiger partial charge in [0, 0.05) is 58.8 Å². The summed E-state index contributed by atoms with van der Waals surface area (Å²) in [6, 6.07) is 13.7. The summed E-state index contributed by atoms with van der Waals surface area (Å²) in [7, 11) is 0. The number of nitriles is 1. The summed E-state index contributed by atoms with van der Waals surface area (Å²) in [5.74, 6) is -1.16. The lowest BCUT2D eigenvalue weighted by atomic mass is 9.95. The number of amides is 1. The number of pyridine rings is 1. The highest BCUT2D eigenvalue weighted by Gasteiger charge is 2.45. The molecule has 0 aliphatic carbocycles. The third kappa shape index (κ3) is 5.34. The Bertz CT molecular complexity index is 1840. The van der Waals surface area contributed by atoms with E-state index >= 15 is 0 Å². The van der Waals surface area contributed by atoms with Gasteiger partial charge >= 0.3 is 6.01 Å². The molecule has 0 saturated carbocycles. The monoisotopic (exact) mass is 625 g/mol. The Morgan fingerprint density at radius 2 is 1.96 bits per heavy atom. The highest BCUT2D eigenvalue weighted by molar-refractivity contribution is 6.36. The Morgan fingerprint density at radius 1 is 1.13 bits per heavy atom. The number of anilines is 1. The lowest BCUT2D eigenvalue weighted by Crippen LogP contribution is -2.55. The number of hydrogen-bond donors (Lipinski definition) is 0. The van der Waals surface area contributed by atoms with Crippen molar-refractivity contribution in [1.82, 2.24) is 24.8 Å². The molecule has 1 atom stereocenters. The zero-order valence-corrected chi connectivity index (χ0v) is 25.6. The van der Waals surface area contributed by atoms with Crippen LogP contribution in [0.2, 0.25) is 5.02 Å². The second-order valence-corrected chi connectivity index (χ2v) is 12.6. The number of aromatic nitrogens is 3. The van der Waals surface area contributed by atoms with Crippen LogP contribution in [0.15, 0.2) is 61.2 Å². The Kier molecular flexibility index (Phi) is 7.76. The molecule has 7 rings (SSSR count). The minimum absolute atomic E-state index is 0.0182. The van der Waals surface area contributed by atoms with Gasteiger partial charge in [0.2, 0.25) is 0 Å². The second kappa shape index (κ2) is 11.9. The average Bonchev–Trinajstić information content (AvgIpc) is 3.63. The van der Waals surface area contributed by atoms with Gasteiger partial charge in [-0.25, -0.2) is 4.39 Å². The molecular weight excluding hydrogens is 593 g/mol. The van der Waals surface area contributed by atoms with Crippen LogP contribution in [-0.2, 0) is 4.79 Å². The molecule has 0 bridgehead atoms. The predicted molar refractivity (Wildman–Crippen MR) is 172 cm³/mol. The van der Waals surface area contributed by atoms with Crippen LogP contribution in [0.5, 0.6) is 6.01 Å². The predicted octanol–water partition coefficient (Wildman–Crippen LogP) is 5.92. The molecule has 0 radical (unpaired) electrons. The Balaban J connectivity index is 1.30. The molecule has 230 valence electrons. The maximum absolute atomic E-state index is 13.8. The van der Waals surface area contributed by atoms with Crippen LogP contribution >= 0.6 is 11.6 Å². The molecule has 3 aliphatic heterocycles. The van der Waals surface area contributed by atoms with E-state index in [1.807, 2.05) is 47.5 Å². The van der Waals surface area contributed by atoms with Gasteiger partial charge in [-0.2, -0.15) is 15.2 Å². The highest BCUT2D eigenvalue weighted by Crippen LogP contribution is 2.40. The van der Waals surface area contributed by atoms with Crippen molar-refractivity contribution in [3.63, 3.8) is 0 Å². The number of piperazine rings is 1. The normalized spacial score (nSPS) is 19.5. The number of carbonyl (C=O) groups is 1. The fraction of sp³-hybridized carbons (Fsp3) is 0.382. The summed E-state index contributed by atoms with van der Waals surface area (Å²) >= 11 is 6.66. The summed E-state index contributed by atoms with van der Waals surface area (Å²) in [5, 5.41) is 12.8. The number of carbonyl (C=O) groups excluding carboxylic acids is 1. The van der Waals surface area contributed by atoms with Crippen molar-refractivity contribution < 1.29 is 13.9 Å². The van der Waals surface area contributed by atoms with Crippen molar-refractivity contribution in [1.29, 1.82) is 5.26 Å². The van der Waals surface area contributed by atoms with Crippen LogP contribution in [0.3, 0.4) is 0 Å². The molecule has 4 aromatic rings. The van der Waals surface area contributed by atoms with Crippen molar-refractivity contribution in [3.05, 3.63) is 66.2 Å². The molecule has 11 heteroatoms. The molecule has 3 saturated heterocycles. The largest absolute Gasteiger partial charge is 0.461 e. The van der Waals surface area contributed by atoms with E-state index < -0.39 is 17.8 Å². The van der Waals surface area contributed by atoms with Gasteiger partial charge in [0.15, 0.2) is 5.83 Å². The molecule has 3 fully saturated rings. The molecule has 3 aliphatic rings. The molecule has 1 amide bonds. The Labute approximate surface area is 265 Å². The molecule has 2 aromatic heterocycles. The van der Waals surface area contributed by atoms with E-state index in [0.29, 0.717) is 36.1 Å². The van der Waals surface area contributed by atoms with Gasteiger partial charge < -0.3 is 14.5 Å². The average molecular weight is 626 g/mol. The van der Waals surface area contributed by atoms with E-state index in [1.165, 1.54) is 4.90 Å². The number of fused-ring (bicyclic) bond motifs is 3. The lowest BCUT2D eigenvalue weighted by molar-refractivity contribution is -0.131. The van der Waals surface area contributed by atoms with Gasteiger partial charge in [-0.05, 0) is 62.5 Å². The van der Waals surface area contributed by atoms with Crippen LogP contribution in [0.25, 0.3) is 32.8 Å². The third-order valence-corrected chi connectivity index (χ3v) is 9.90. The maximum atomic E-state index is 13.8. The first-order chi connectivity index (χ1) is 21.9. The first kappa shape index (κ1) is 29.4. The molecule has 9 nitrogen and oxygen atoms in total. The van der Waals surface area contributed by atoms with Crippen LogP contribution in [0, 0.1) is 11.3 Å².